The van der Waals surface area contributed by atoms with Crippen LogP contribution in [0.15, 0.2) is 12.1 Å². The van der Waals surface area contributed by atoms with Gasteiger partial charge in [-0.1, -0.05) is 13.8 Å². The van der Waals surface area contributed by atoms with Crippen molar-refractivity contribution in [2.45, 2.75) is 40.2 Å². The minimum atomic E-state index is -0.502. The number of hydrogen-bond donors (Lipinski definition) is 1. The van der Waals surface area contributed by atoms with Crippen LogP contribution in [0, 0.1) is 17.6 Å². The molecule has 0 spiro atoms. The lowest BCUT2D eigenvalue weighted by molar-refractivity contribution is 0.522. The normalized spacial score (nSPS) is 11.4. The Labute approximate surface area is 114 Å². The van der Waals surface area contributed by atoms with E-state index in [1.54, 1.807) is 4.90 Å². The summed E-state index contributed by atoms with van der Waals surface area (Å²) in [5.41, 5.74) is 6.10. The fourth-order valence-electron chi connectivity index (χ4n) is 2.16. The van der Waals surface area contributed by atoms with Crippen molar-refractivity contribution in [3.05, 3.63) is 29.3 Å². The Morgan fingerprint density at radius 2 is 1.63 bits per heavy atom. The zero-order chi connectivity index (χ0) is 14.6. The number of anilines is 1. The summed E-state index contributed by atoms with van der Waals surface area (Å²) in [6, 6.07) is 2.83. The highest BCUT2D eigenvalue weighted by Gasteiger charge is 2.21. The van der Waals surface area contributed by atoms with Crippen LogP contribution in [0.3, 0.4) is 0 Å². The van der Waals surface area contributed by atoms with Gasteiger partial charge in [-0.25, -0.2) is 8.78 Å². The van der Waals surface area contributed by atoms with Crippen LogP contribution in [0.25, 0.3) is 0 Å². The molecule has 0 heterocycles. The fraction of sp³-hybridized carbons (Fsp3) is 0.600. The first-order valence-electron chi connectivity index (χ1n) is 6.81. The molecule has 0 aromatic heterocycles. The Balaban J connectivity index is 3.16. The second-order valence-electron chi connectivity index (χ2n) is 5.59. The number of rotatable bonds is 6. The highest BCUT2D eigenvalue weighted by molar-refractivity contribution is 5.51. The van der Waals surface area contributed by atoms with E-state index >= 15 is 0 Å². The summed E-state index contributed by atoms with van der Waals surface area (Å²) in [4.78, 5) is 1.78. The van der Waals surface area contributed by atoms with Crippen molar-refractivity contribution in [1.82, 2.24) is 0 Å². The van der Waals surface area contributed by atoms with Gasteiger partial charge in [0.25, 0.3) is 0 Å². The zero-order valence-corrected chi connectivity index (χ0v) is 12.2. The first-order valence-corrected chi connectivity index (χ1v) is 6.81. The van der Waals surface area contributed by atoms with E-state index in [1.807, 2.05) is 27.7 Å². The second kappa shape index (κ2) is 6.85. The molecule has 0 saturated carbocycles. The first kappa shape index (κ1) is 15.9. The van der Waals surface area contributed by atoms with Crippen LogP contribution in [0.5, 0.6) is 0 Å². The molecule has 0 fully saturated rings. The van der Waals surface area contributed by atoms with E-state index in [-0.39, 0.29) is 11.7 Å². The highest BCUT2D eigenvalue weighted by atomic mass is 19.1. The van der Waals surface area contributed by atoms with E-state index in [0.717, 1.165) is 0 Å². The van der Waals surface area contributed by atoms with Crippen molar-refractivity contribution < 1.29 is 8.78 Å². The van der Waals surface area contributed by atoms with Gasteiger partial charge in [-0.05, 0) is 50.4 Å². The largest absolute Gasteiger partial charge is 0.364 e. The van der Waals surface area contributed by atoms with Gasteiger partial charge >= 0.3 is 0 Å². The molecule has 1 aromatic rings. The van der Waals surface area contributed by atoms with E-state index in [0.29, 0.717) is 31.0 Å². The quantitative estimate of drug-likeness (QED) is 0.859. The molecular formula is C15H24F2N2. The molecule has 0 radical (unpaired) electrons. The summed E-state index contributed by atoms with van der Waals surface area (Å²) in [5.74, 6) is -0.666. The molecule has 0 aliphatic heterocycles. The third-order valence-corrected chi connectivity index (χ3v) is 2.98. The summed E-state index contributed by atoms with van der Waals surface area (Å²) >= 11 is 0. The lowest BCUT2D eigenvalue weighted by atomic mass is 10.1. The molecule has 2 N–H and O–H groups in total. The van der Waals surface area contributed by atoms with Crippen LogP contribution in [0.4, 0.5) is 14.5 Å². The van der Waals surface area contributed by atoms with E-state index in [2.05, 4.69) is 0 Å². The van der Waals surface area contributed by atoms with Crippen molar-refractivity contribution in [1.29, 1.82) is 0 Å². The summed E-state index contributed by atoms with van der Waals surface area (Å²) in [7, 11) is 0. The van der Waals surface area contributed by atoms with Gasteiger partial charge in [0.15, 0.2) is 0 Å². The van der Waals surface area contributed by atoms with Crippen LogP contribution >= 0.6 is 0 Å². The van der Waals surface area contributed by atoms with Gasteiger partial charge in [-0.3, -0.25) is 0 Å². The molecule has 108 valence electrons. The smallest absolute Gasteiger partial charge is 0.149 e. The second-order valence-corrected chi connectivity index (χ2v) is 5.59. The van der Waals surface area contributed by atoms with Crippen molar-refractivity contribution >= 4 is 5.69 Å². The molecule has 0 unspecified atom stereocenters. The molecular weight excluding hydrogens is 246 g/mol. The molecule has 0 atom stereocenters. The van der Waals surface area contributed by atoms with E-state index in [4.69, 9.17) is 5.73 Å². The third kappa shape index (κ3) is 4.16. The predicted molar refractivity (Wildman–Crippen MR) is 76.4 cm³/mol. The molecule has 0 bridgehead atoms. The van der Waals surface area contributed by atoms with Gasteiger partial charge in [0, 0.05) is 12.6 Å². The van der Waals surface area contributed by atoms with Crippen LogP contribution in [0.1, 0.15) is 33.3 Å². The van der Waals surface area contributed by atoms with Gasteiger partial charge < -0.3 is 10.6 Å². The summed E-state index contributed by atoms with van der Waals surface area (Å²) in [5, 5.41) is 0. The van der Waals surface area contributed by atoms with E-state index in [9.17, 15) is 8.78 Å². The van der Waals surface area contributed by atoms with E-state index < -0.39 is 11.6 Å². The molecule has 0 aliphatic carbocycles. The monoisotopic (exact) mass is 270 g/mol. The fourth-order valence-corrected chi connectivity index (χ4v) is 2.16. The standard InChI is InChI=1S/C15H24F2N2/c1-10(2)9-19(11(3)4)15-13(16)7-12(5-6-18)8-14(15)17/h7-8,10-11H,5-6,9,18H2,1-4H3. The maximum absolute atomic E-state index is 14.2. The van der Waals surface area contributed by atoms with Crippen LogP contribution < -0.4 is 10.6 Å². The van der Waals surface area contributed by atoms with Crippen LogP contribution in [-0.2, 0) is 6.42 Å². The van der Waals surface area contributed by atoms with Crippen molar-refractivity contribution in [2.75, 3.05) is 18.0 Å². The third-order valence-electron chi connectivity index (χ3n) is 2.98. The molecule has 0 aliphatic rings. The predicted octanol–water partition coefficient (Wildman–Crippen LogP) is 3.34. The van der Waals surface area contributed by atoms with Crippen LogP contribution in [0.2, 0.25) is 0 Å². The Hall–Kier alpha value is -1.16. The SMILES string of the molecule is CC(C)CN(c1c(F)cc(CCN)cc1F)C(C)C. The lowest BCUT2D eigenvalue weighted by Gasteiger charge is -2.31. The average molecular weight is 270 g/mol. The maximum atomic E-state index is 14.2. The van der Waals surface area contributed by atoms with Gasteiger partial charge in [0.05, 0.1) is 0 Å². The van der Waals surface area contributed by atoms with Gasteiger partial charge in [0.1, 0.15) is 17.3 Å². The first-order chi connectivity index (χ1) is 8.86. The number of nitrogens with zero attached hydrogens (tertiary/aromatic N) is 1. The Bertz CT molecular complexity index is 394. The molecule has 0 amide bonds. The number of benzene rings is 1. The molecule has 0 saturated heterocycles. The molecule has 1 aromatic carbocycles. The van der Waals surface area contributed by atoms with Crippen molar-refractivity contribution in [3.8, 4) is 0 Å². The topological polar surface area (TPSA) is 29.3 Å². The Morgan fingerprint density at radius 1 is 1.11 bits per heavy atom. The number of halogens is 2. The van der Waals surface area contributed by atoms with Gasteiger partial charge in [-0.15, -0.1) is 0 Å². The molecule has 1 rings (SSSR count). The zero-order valence-electron chi connectivity index (χ0n) is 12.2. The Kier molecular flexibility index (Phi) is 5.73. The molecule has 19 heavy (non-hydrogen) atoms. The number of nitrogens with two attached hydrogens (primary N) is 1. The van der Waals surface area contributed by atoms with Crippen molar-refractivity contribution in [3.63, 3.8) is 0 Å². The minimum Gasteiger partial charge on any atom is -0.364 e. The van der Waals surface area contributed by atoms with Gasteiger partial charge in [-0.2, -0.15) is 0 Å². The average Bonchev–Trinajstić information content (AvgIpc) is 2.26. The Morgan fingerprint density at radius 3 is 2.00 bits per heavy atom. The lowest BCUT2D eigenvalue weighted by Crippen LogP contribution is -2.35. The van der Waals surface area contributed by atoms with Crippen LogP contribution in [-0.4, -0.2) is 19.1 Å². The molecule has 2 nitrogen and oxygen atoms in total. The van der Waals surface area contributed by atoms with Gasteiger partial charge in [0.2, 0.25) is 0 Å². The number of hydrogen-bond acceptors (Lipinski definition) is 2. The molecule has 4 heteroatoms. The highest BCUT2D eigenvalue weighted by Crippen LogP contribution is 2.27. The summed E-state index contributed by atoms with van der Waals surface area (Å²) < 4.78 is 28.3. The summed E-state index contributed by atoms with van der Waals surface area (Å²) in [6.07, 6.45) is 0.486. The van der Waals surface area contributed by atoms with Crippen molar-refractivity contribution in [2.24, 2.45) is 11.7 Å². The maximum Gasteiger partial charge on any atom is 0.149 e. The minimum absolute atomic E-state index is 0.0479. The summed E-state index contributed by atoms with van der Waals surface area (Å²) in [6.45, 7) is 8.96. The van der Waals surface area contributed by atoms with E-state index in [1.165, 1.54) is 12.1 Å².